The molecule has 2 heterocycles. The molecule has 0 bridgehead atoms. The van der Waals surface area contributed by atoms with E-state index in [0.29, 0.717) is 0 Å². The minimum Gasteiger partial charge on any atom is -0.355 e. The van der Waals surface area contributed by atoms with Gasteiger partial charge in [0.2, 0.25) is 5.95 Å². The maximum Gasteiger partial charge on any atom is 0.225 e. The molecule has 28 heavy (non-hydrogen) atoms. The van der Waals surface area contributed by atoms with E-state index in [9.17, 15) is 4.39 Å². The lowest BCUT2D eigenvalue weighted by molar-refractivity contribution is 0.239. The number of anilines is 1. The molecular formula is C21H27FN6. The number of hydrogen-bond donors (Lipinski definition) is 1. The van der Waals surface area contributed by atoms with Crippen molar-refractivity contribution in [2.75, 3.05) is 44.7 Å². The normalized spacial score (nSPS) is 19.3. The average molecular weight is 382 g/mol. The van der Waals surface area contributed by atoms with Gasteiger partial charge in [-0.2, -0.15) is 0 Å². The van der Waals surface area contributed by atoms with Crippen LogP contribution in [0.5, 0.6) is 0 Å². The standard InChI is InChI=1S/C21H27FN6/c1-23-19(27-12-14-28(15-13-27)20-24-10-3-11-25-20)26-16-21(8-2-9-21)17-4-6-18(22)7-5-17/h3-7,10-11H,2,8-9,12-16H2,1H3,(H,23,26). The van der Waals surface area contributed by atoms with Crippen LogP contribution in [0.25, 0.3) is 0 Å². The van der Waals surface area contributed by atoms with E-state index in [2.05, 4.69) is 30.1 Å². The minimum absolute atomic E-state index is 0.0866. The summed E-state index contributed by atoms with van der Waals surface area (Å²) in [7, 11) is 1.83. The first-order valence-corrected chi connectivity index (χ1v) is 9.94. The summed E-state index contributed by atoms with van der Waals surface area (Å²) in [5.41, 5.74) is 1.30. The zero-order valence-corrected chi connectivity index (χ0v) is 16.3. The fraction of sp³-hybridized carbons (Fsp3) is 0.476. The van der Waals surface area contributed by atoms with Crippen molar-refractivity contribution in [2.45, 2.75) is 24.7 Å². The van der Waals surface area contributed by atoms with Crippen LogP contribution in [0, 0.1) is 5.82 Å². The molecule has 4 rings (SSSR count). The lowest BCUT2D eigenvalue weighted by Gasteiger charge is -2.44. The van der Waals surface area contributed by atoms with E-state index in [1.165, 1.54) is 12.0 Å². The maximum atomic E-state index is 13.3. The van der Waals surface area contributed by atoms with Crippen LogP contribution in [0.3, 0.4) is 0 Å². The highest BCUT2D eigenvalue weighted by molar-refractivity contribution is 5.80. The lowest BCUT2D eigenvalue weighted by atomic mass is 9.64. The van der Waals surface area contributed by atoms with Gasteiger partial charge in [-0.15, -0.1) is 0 Å². The molecule has 0 atom stereocenters. The Hall–Kier alpha value is -2.70. The fourth-order valence-corrected chi connectivity index (χ4v) is 4.13. The third kappa shape index (κ3) is 3.79. The zero-order valence-electron chi connectivity index (χ0n) is 16.3. The van der Waals surface area contributed by atoms with Crippen molar-refractivity contribution in [1.29, 1.82) is 0 Å². The van der Waals surface area contributed by atoms with Gasteiger partial charge in [0.05, 0.1) is 0 Å². The van der Waals surface area contributed by atoms with Gasteiger partial charge in [-0.25, -0.2) is 14.4 Å². The van der Waals surface area contributed by atoms with E-state index >= 15 is 0 Å². The molecule has 1 aliphatic carbocycles. The molecule has 1 aromatic heterocycles. The number of halogens is 1. The highest BCUT2D eigenvalue weighted by atomic mass is 19.1. The quantitative estimate of drug-likeness (QED) is 0.650. The summed E-state index contributed by atoms with van der Waals surface area (Å²) < 4.78 is 13.3. The molecule has 1 saturated carbocycles. The van der Waals surface area contributed by atoms with Crippen LogP contribution in [0.15, 0.2) is 47.7 Å². The van der Waals surface area contributed by atoms with E-state index in [4.69, 9.17) is 0 Å². The van der Waals surface area contributed by atoms with Crippen LogP contribution < -0.4 is 10.2 Å². The van der Waals surface area contributed by atoms with Gasteiger partial charge in [0.15, 0.2) is 5.96 Å². The summed E-state index contributed by atoms with van der Waals surface area (Å²) in [6, 6.07) is 8.82. The molecule has 1 saturated heterocycles. The van der Waals surface area contributed by atoms with Crippen molar-refractivity contribution in [1.82, 2.24) is 20.2 Å². The predicted octanol–water partition coefficient (Wildman–Crippen LogP) is 2.44. The Morgan fingerprint density at radius 1 is 1.11 bits per heavy atom. The lowest BCUT2D eigenvalue weighted by Crippen LogP contribution is -2.55. The number of nitrogens with one attached hydrogen (secondary N) is 1. The number of rotatable bonds is 4. The number of aliphatic imine (C=N–C) groups is 1. The molecular weight excluding hydrogens is 355 g/mol. The summed E-state index contributed by atoms with van der Waals surface area (Å²) in [5.74, 6) is 1.54. The highest BCUT2D eigenvalue weighted by Crippen LogP contribution is 2.43. The second kappa shape index (κ2) is 8.12. The first-order valence-electron chi connectivity index (χ1n) is 9.94. The van der Waals surface area contributed by atoms with Crippen molar-refractivity contribution in [3.05, 3.63) is 54.1 Å². The molecule has 7 heteroatoms. The predicted molar refractivity (Wildman–Crippen MR) is 109 cm³/mol. The average Bonchev–Trinajstić information content (AvgIpc) is 2.72. The third-order valence-corrected chi connectivity index (χ3v) is 5.98. The number of benzene rings is 1. The molecule has 2 aliphatic rings. The molecule has 0 radical (unpaired) electrons. The Morgan fingerprint density at radius 3 is 2.36 bits per heavy atom. The van der Waals surface area contributed by atoms with Crippen molar-refractivity contribution in [3.8, 4) is 0 Å². The molecule has 1 aliphatic heterocycles. The summed E-state index contributed by atoms with van der Waals surface area (Å²) >= 11 is 0. The molecule has 2 aromatic rings. The second-order valence-corrected chi connectivity index (χ2v) is 7.56. The van der Waals surface area contributed by atoms with Crippen molar-refractivity contribution in [2.24, 2.45) is 4.99 Å². The highest BCUT2D eigenvalue weighted by Gasteiger charge is 2.39. The van der Waals surface area contributed by atoms with Crippen LogP contribution in [0.1, 0.15) is 24.8 Å². The van der Waals surface area contributed by atoms with Gasteiger partial charge >= 0.3 is 0 Å². The van der Waals surface area contributed by atoms with Gasteiger partial charge in [0.25, 0.3) is 0 Å². The molecule has 6 nitrogen and oxygen atoms in total. The van der Waals surface area contributed by atoms with Crippen molar-refractivity contribution < 1.29 is 4.39 Å². The van der Waals surface area contributed by atoms with Gasteiger partial charge in [-0.3, -0.25) is 4.99 Å². The number of piperazine rings is 1. The third-order valence-electron chi connectivity index (χ3n) is 5.98. The van der Waals surface area contributed by atoms with Gasteiger partial charge in [-0.05, 0) is 36.6 Å². The van der Waals surface area contributed by atoms with Crippen LogP contribution in [-0.4, -0.2) is 60.6 Å². The van der Waals surface area contributed by atoms with Crippen LogP contribution in [0.4, 0.5) is 10.3 Å². The second-order valence-electron chi connectivity index (χ2n) is 7.56. The van der Waals surface area contributed by atoms with Crippen LogP contribution in [-0.2, 0) is 5.41 Å². The Balaban J connectivity index is 1.36. The largest absolute Gasteiger partial charge is 0.355 e. The first-order chi connectivity index (χ1) is 13.7. The van der Waals surface area contributed by atoms with Gasteiger partial charge in [0.1, 0.15) is 5.82 Å². The van der Waals surface area contributed by atoms with Crippen LogP contribution >= 0.6 is 0 Å². The summed E-state index contributed by atoms with van der Waals surface area (Å²) in [5, 5.41) is 3.58. The van der Waals surface area contributed by atoms with Gasteiger partial charge < -0.3 is 15.1 Å². The van der Waals surface area contributed by atoms with E-state index in [0.717, 1.165) is 57.5 Å². The summed E-state index contributed by atoms with van der Waals surface area (Å²) in [6.07, 6.45) is 7.03. The fourth-order valence-electron chi connectivity index (χ4n) is 4.13. The maximum absolute atomic E-state index is 13.3. The number of guanidine groups is 1. The van der Waals surface area contributed by atoms with Crippen molar-refractivity contribution in [3.63, 3.8) is 0 Å². The zero-order chi connectivity index (χ0) is 19.4. The Bertz CT molecular complexity index is 795. The number of aromatic nitrogens is 2. The molecule has 0 spiro atoms. The topological polar surface area (TPSA) is 56.7 Å². The van der Waals surface area contributed by atoms with E-state index in [-0.39, 0.29) is 11.2 Å². The molecule has 148 valence electrons. The Labute approximate surface area is 165 Å². The molecule has 0 unspecified atom stereocenters. The number of nitrogens with zero attached hydrogens (tertiary/aromatic N) is 5. The Kier molecular flexibility index (Phi) is 5.41. The van der Waals surface area contributed by atoms with E-state index < -0.39 is 0 Å². The summed E-state index contributed by atoms with van der Waals surface area (Å²) in [6.45, 7) is 4.32. The molecule has 1 aromatic carbocycles. The van der Waals surface area contributed by atoms with Crippen molar-refractivity contribution >= 4 is 11.9 Å². The Morgan fingerprint density at radius 2 is 1.79 bits per heavy atom. The van der Waals surface area contributed by atoms with E-state index in [1.807, 2.05) is 25.2 Å². The number of hydrogen-bond acceptors (Lipinski definition) is 4. The first kappa shape index (κ1) is 18.7. The van der Waals surface area contributed by atoms with Crippen LogP contribution in [0.2, 0.25) is 0 Å². The molecule has 2 fully saturated rings. The van der Waals surface area contributed by atoms with E-state index in [1.54, 1.807) is 24.5 Å². The van der Waals surface area contributed by atoms with Gasteiger partial charge in [0, 0.05) is 57.6 Å². The molecule has 1 N–H and O–H groups in total. The minimum atomic E-state index is -0.178. The van der Waals surface area contributed by atoms with Gasteiger partial charge in [-0.1, -0.05) is 18.6 Å². The molecule has 0 amide bonds. The summed E-state index contributed by atoms with van der Waals surface area (Å²) in [4.78, 5) is 17.7. The SMILES string of the molecule is CN=C(NCC1(c2ccc(F)cc2)CCC1)N1CCN(c2ncccn2)CC1. The monoisotopic (exact) mass is 382 g/mol. The smallest absolute Gasteiger partial charge is 0.225 e.